The molecule has 3 rings (SSSR count). The van der Waals surface area contributed by atoms with Crippen LogP contribution in [0, 0.1) is 11.8 Å². The molecule has 0 bridgehead atoms. The van der Waals surface area contributed by atoms with Crippen molar-refractivity contribution < 1.29 is 19.9 Å². The molecule has 2 aliphatic carbocycles. The Morgan fingerprint density at radius 3 is 1.93 bits per heavy atom. The second-order valence-corrected chi connectivity index (χ2v) is 8.70. The Hall–Kier alpha value is -1.92. The predicted molar refractivity (Wildman–Crippen MR) is 110 cm³/mol. The van der Waals surface area contributed by atoms with Crippen molar-refractivity contribution in [1.82, 2.24) is 10.8 Å². The third-order valence-electron chi connectivity index (χ3n) is 6.98. The van der Waals surface area contributed by atoms with Crippen LogP contribution >= 0.6 is 0 Å². The van der Waals surface area contributed by atoms with Gasteiger partial charge in [0.2, 0.25) is 5.91 Å². The van der Waals surface area contributed by atoms with Crippen LogP contribution in [-0.2, 0) is 22.6 Å². The van der Waals surface area contributed by atoms with Crippen molar-refractivity contribution in [2.75, 3.05) is 0 Å². The zero-order chi connectivity index (χ0) is 20.7. The molecule has 1 aromatic rings. The van der Waals surface area contributed by atoms with Gasteiger partial charge in [0, 0.05) is 13.0 Å². The van der Waals surface area contributed by atoms with Crippen molar-refractivity contribution in [3.63, 3.8) is 0 Å². The summed E-state index contributed by atoms with van der Waals surface area (Å²) in [5.74, 6) is -0.665. The Morgan fingerprint density at radius 2 is 1.41 bits per heavy atom. The minimum absolute atomic E-state index is 0.202. The first-order valence-electron chi connectivity index (χ1n) is 11.1. The summed E-state index contributed by atoms with van der Waals surface area (Å²) in [6, 6.07) is 7.95. The van der Waals surface area contributed by atoms with Crippen molar-refractivity contribution in [2.24, 2.45) is 11.8 Å². The van der Waals surface area contributed by atoms with Gasteiger partial charge < -0.3 is 5.11 Å². The van der Waals surface area contributed by atoms with Gasteiger partial charge in [-0.15, -0.1) is 0 Å². The molecule has 1 amide bonds. The summed E-state index contributed by atoms with van der Waals surface area (Å²) >= 11 is 0. The molecule has 29 heavy (non-hydrogen) atoms. The fraction of sp³-hybridized carbons (Fsp3) is 0.652. The van der Waals surface area contributed by atoms with Gasteiger partial charge in [-0.1, -0.05) is 56.4 Å². The Morgan fingerprint density at radius 1 is 0.897 bits per heavy atom. The van der Waals surface area contributed by atoms with Crippen LogP contribution in [0.3, 0.4) is 0 Å². The van der Waals surface area contributed by atoms with E-state index in [4.69, 9.17) is 5.21 Å². The maximum absolute atomic E-state index is 12.6. The van der Waals surface area contributed by atoms with E-state index in [0.717, 1.165) is 62.5 Å². The molecule has 1 atom stereocenters. The smallest absolute Gasteiger partial charge is 0.324 e. The molecule has 6 heteroatoms. The van der Waals surface area contributed by atoms with Crippen LogP contribution in [0.4, 0.5) is 0 Å². The van der Waals surface area contributed by atoms with E-state index in [1.165, 1.54) is 6.42 Å². The number of hydrogen-bond acceptors (Lipinski definition) is 4. The standard InChI is InChI=1S/C23H34N2O4/c26-21(25-29)15-14-17-10-12-18(13-11-17)16-24-23(22(27)28,20-8-4-5-9-20)19-6-2-1-3-7-19/h10-13,19-20,24,29H,1-9,14-16H2,(H,25,26)(H,27,28)/t23-/m1/s1. The van der Waals surface area contributed by atoms with Gasteiger partial charge in [-0.3, -0.25) is 20.1 Å². The highest BCUT2D eigenvalue weighted by Gasteiger charge is 2.51. The second kappa shape index (κ2) is 10.2. The van der Waals surface area contributed by atoms with Crippen molar-refractivity contribution in [3.05, 3.63) is 35.4 Å². The van der Waals surface area contributed by atoms with E-state index in [-0.39, 0.29) is 18.3 Å². The monoisotopic (exact) mass is 402 g/mol. The van der Waals surface area contributed by atoms with Crippen LogP contribution in [0.1, 0.15) is 75.3 Å². The highest BCUT2D eigenvalue weighted by Crippen LogP contribution is 2.44. The van der Waals surface area contributed by atoms with Gasteiger partial charge in [-0.2, -0.15) is 0 Å². The molecule has 6 nitrogen and oxygen atoms in total. The average Bonchev–Trinajstić information content (AvgIpc) is 3.29. The molecule has 160 valence electrons. The summed E-state index contributed by atoms with van der Waals surface area (Å²) < 4.78 is 0. The molecule has 0 saturated heterocycles. The number of hydrogen-bond donors (Lipinski definition) is 4. The fourth-order valence-corrected chi connectivity index (χ4v) is 5.37. The SMILES string of the molecule is O=C(CCc1ccc(CN[C@](C(=O)O)(C2CCCCC2)C2CCCC2)cc1)NO. The Labute approximate surface area is 173 Å². The molecule has 0 radical (unpaired) electrons. The molecule has 2 saturated carbocycles. The lowest BCUT2D eigenvalue weighted by atomic mass is 9.67. The highest BCUT2D eigenvalue weighted by atomic mass is 16.5. The van der Waals surface area contributed by atoms with Gasteiger partial charge >= 0.3 is 5.97 Å². The minimum Gasteiger partial charge on any atom is -0.480 e. The maximum atomic E-state index is 12.6. The zero-order valence-electron chi connectivity index (χ0n) is 17.2. The van der Waals surface area contributed by atoms with Gasteiger partial charge in [0.05, 0.1) is 0 Å². The lowest BCUT2D eigenvalue weighted by Crippen LogP contribution is -2.61. The van der Waals surface area contributed by atoms with Crippen LogP contribution in [0.15, 0.2) is 24.3 Å². The summed E-state index contributed by atoms with van der Waals surface area (Å²) in [4.78, 5) is 23.8. The Bertz CT molecular complexity index is 679. The molecular weight excluding hydrogens is 368 g/mol. The normalized spacial score (nSPS) is 20.3. The maximum Gasteiger partial charge on any atom is 0.324 e. The van der Waals surface area contributed by atoms with E-state index in [2.05, 4.69) is 5.32 Å². The van der Waals surface area contributed by atoms with Gasteiger partial charge in [-0.05, 0) is 55.1 Å². The minimum atomic E-state index is -0.825. The highest BCUT2D eigenvalue weighted by molar-refractivity contribution is 5.80. The average molecular weight is 403 g/mol. The first kappa shape index (κ1) is 21.8. The number of benzene rings is 1. The molecule has 2 aliphatic rings. The summed E-state index contributed by atoms with van der Waals surface area (Å²) in [6.45, 7) is 0.538. The van der Waals surface area contributed by atoms with Crippen molar-refractivity contribution in [3.8, 4) is 0 Å². The van der Waals surface area contributed by atoms with Crippen LogP contribution in [0.5, 0.6) is 0 Å². The molecule has 2 fully saturated rings. The largest absolute Gasteiger partial charge is 0.480 e. The number of aryl methyl sites for hydroxylation is 1. The molecule has 0 aliphatic heterocycles. The first-order chi connectivity index (χ1) is 14.1. The van der Waals surface area contributed by atoms with Gasteiger partial charge in [0.15, 0.2) is 0 Å². The molecule has 0 unspecified atom stereocenters. The van der Waals surface area contributed by atoms with E-state index in [9.17, 15) is 14.7 Å². The number of amides is 1. The zero-order valence-corrected chi connectivity index (χ0v) is 17.2. The van der Waals surface area contributed by atoms with Crippen molar-refractivity contribution >= 4 is 11.9 Å². The summed E-state index contributed by atoms with van der Waals surface area (Å²) in [5, 5.41) is 22.5. The number of carboxylic acids is 1. The van der Waals surface area contributed by atoms with E-state index in [1.807, 2.05) is 24.3 Å². The molecular formula is C23H34N2O4. The van der Waals surface area contributed by atoms with Gasteiger partial charge in [0.25, 0.3) is 0 Å². The fourth-order valence-electron chi connectivity index (χ4n) is 5.37. The summed E-state index contributed by atoms with van der Waals surface area (Å²) in [7, 11) is 0. The molecule has 1 aromatic carbocycles. The van der Waals surface area contributed by atoms with E-state index < -0.39 is 17.4 Å². The summed E-state index contributed by atoms with van der Waals surface area (Å²) in [5.41, 5.74) is 2.90. The number of nitrogens with one attached hydrogen (secondary N) is 2. The first-order valence-corrected chi connectivity index (χ1v) is 11.1. The van der Waals surface area contributed by atoms with Crippen LogP contribution in [0.25, 0.3) is 0 Å². The lowest BCUT2D eigenvalue weighted by molar-refractivity contribution is -0.152. The van der Waals surface area contributed by atoms with E-state index in [0.29, 0.717) is 13.0 Å². The van der Waals surface area contributed by atoms with Crippen molar-refractivity contribution in [2.45, 2.75) is 82.7 Å². The molecule has 0 spiro atoms. The summed E-state index contributed by atoms with van der Waals surface area (Å²) in [6.07, 6.45) is 10.5. The van der Waals surface area contributed by atoms with E-state index >= 15 is 0 Å². The molecule has 0 aromatic heterocycles. The third-order valence-corrected chi connectivity index (χ3v) is 6.98. The topological polar surface area (TPSA) is 98.7 Å². The molecule has 0 heterocycles. The number of rotatable bonds is 9. The van der Waals surface area contributed by atoms with Crippen LogP contribution in [-0.4, -0.2) is 27.7 Å². The van der Waals surface area contributed by atoms with E-state index in [1.54, 1.807) is 5.48 Å². The number of carbonyl (C=O) groups excluding carboxylic acids is 1. The quantitative estimate of drug-likeness (QED) is 0.372. The van der Waals surface area contributed by atoms with Gasteiger partial charge in [0.1, 0.15) is 5.54 Å². The van der Waals surface area contributed by atoms with Crippen LogP contribution in [0.2, 0.25) is 0 Å². The van der Waals surface area contributed by atoms with Crippen molar-refractivity contribution in [1.29, 1.82) is 0 Å². The van der Waals surface area contributed by atoms with Crippen LogP contribution < -0.4 is 10.8 Å². The predicted octanol–water partition coefficient (Wildman–Crippen LogP) is 3.81. The Kier molecular flexibility index (Phi) is 7.67. The number of carboxylic acid groups (broad SMARTS) is 1. The molecule has 4 N–H and O–H groups in total. The lowest BCUT2D eigenvalue weighted by Gasteiger charge is -2.44. The number of carbonyl (C=O) groups is 2. The number of aliphatic carboxylic acids is 1. The number of hydroxylamine groups is 1. The third kappa shape index (κ3) is 5.17. The Balaban J connectivity index is 1.70. The second-order valence-electron chi connectivity index (χ2n) is 8.70. The van der Waals surface area contributed by atoms with Gasteiger partial charge in [-0.25, -0.2) is 5.48 Å².